The average molecular weight is 402 g/mol. The number of aryl methyl sites for hydroxylation is 2. The molecule has 0 spiro atoms. The fourth-order valence-corrected chi connectivity index (χ4v) is 4.25. The van der Waals surface area contributed by atoms with Crippen LogP contribution in [0.25, 0.3) is 11.1 Å². The first-order valence-electron chi connectivity index (χ1n) is 10.4. The number of hydrogen-bond acceptors (Lipinski definition) is 3. The fraction of sp³-hybridized carbons (Fsp3) is 0.269. The second kappa shape index (κ2) is 8.72. The summed E-state index contributed by atoms with van der Waals surface area (Å²) in [6.45, 7) is 4.51. The zero-order valence-corrected chi connectivity index (χ0v) is 17.4. The lowest BCUT2D eigenvalue weighted by Gasteiger charge is -2.16. The Morgan fingerprint density at radius 3 is 2.27 bits per heavy atom. The highest BCUT2D eigenvalue weighted by atomic mass is 16.5. The molecule has 0 saturated carbocycles. The van der Waals surface area contributed by atoms with E-state index in [0.29, 0.717) is 6.42 Å². The van der Waals surface area contributed by atoms with Crippen LogP contribution in [0.1, 0.15) is 33.7 Å². The molecule has 0 aliphatic heterocycles. The molecule has 1 aliphatic carbocycles. The standard InChI is InChI=1S/C26H27NO3/c1-17-11-12-19(18(2)13-17)14-20(28)15-27-26(29)30-16-25-23-9-5-3-7-21(23)22-8-4-6-10-24(22)25/h3-13,20,25,28H,14-16H2,1-2H3,(H,27,29). The smallest absolute Gasteiger partial charge is 0.407 e. The van der Waals surface area contributed by atoms with E-state index >= 15 is 0 Å². The Morgan fingerprint density at radius 1 is 1.00 bits per heavy atom. The van der Waals surface area contributed by atoms with Crippen molar-refractivity contribution in [1.82, 2.24) is 5.32 Å². The SMILES string of the molecule is Cc1ccc(CC(O)CNC(=O)OCC2c3ccccc3-c3ccccc32)c(C)c1. The molecular formula is C26H27NO3. The molecule has 4 nitrogen and oxygen atoms in total. The molecule has 1 unspecified atom stereocenters. The number of hydrogen-bond donors (Lipinski definition) is 2. The molecule has 1 amide bonds. The Balaban J connectivity index is 1.32. The third kappa shape index (κ3) is 4.24. The topological polar surface area (TPSA) is 58.6 Å². The molecule has 1 atom stereocenters. The number of ether oxygens (including phenoxy) is 1. The summed E-state index contributed by atoms with van der Waals surface area (Å²) in [4.78, 5) is 12.2. The number of rotatable bonds is 6. The molecule has 4 heteroatoms. The summed E-state index contributed by atoms with van der Waals surface area (Å²) in [7, 11) is 0. The Labute approximate surface area is 177 Å². The van der Waals surface area contributed by atoms with Gasteiger partial charge in [0.05, 0.1) is 6.10 Å². The largest absolute Gasteiger partial charge is 0.449 e. The highest BCUT2D eigenvalue weighted by molar-refractivity contribution is 5.79. The summed E-state index contributed by atoms with van der Waals surface area (Å²) in [6, 6.07) is 22.7. The Bertz CT molecular complexity index is 1010. The lowest BCUT2D eigenvalue weighted by molar-refractivity contribution is 0.128. The number of benzene rings is 3. The molecule has 30 heavy (non-hydrogen) atoms. The van der Waals surface area contributed by atoms with Crippen LogP contribution in [0.3, 0.4) is 0 Å². The maximum Gasteiger partial charge on any atom is 0.407 e. The first-order chi connectivity index (χ1) is 14.5. The van der Waals surface area contributed by atoms with Gasteiger partial charge in [0.1, 0.15) is 6.61 Å². The summed E-state index contributed by atoms with van der Waals surface area (Å²) in [5, 5.41) is 13.0. The van der Waals surface area contributed by atoms with Crippen molar-refractivity contribution in [2.45, 2.75) is 32.3 Å². The highest BCUT2D eigenvalue weighted by Crippen LogP contribution is 2.44. The third-order valence-electron chi connectivity index (χ3n) is 5.78. The van der Waals surface area contributed by atoms with E-state index in [-0.39, 0.29) is 19.1 Å². The maximum atomic E-state index is 12.2. The Kier molecular flexibility index (Phi) is 5.86. The number of fused-ring (bicyclic) bond motifs is 3. The van der Waals surface area contributed by atoms with Gasteiger partial charge in [0.2, 0.25) is 0 Å². The van der Waals surface area contributed by atoms with Crippen molar-refractivity contribution >= 4 is 6.09 Å². The minimum atomic E-state index is -0.660. The first-order valence-corrected chi connectivity index (χ1v) is 10.4. The van der Waals surface area contributed by atoms with Crippen molar-refractivity contribution in [3.8, 4) is 11.1 Å². The lowest BCUT2D eigenvalue weighted by atomic mass is 9.98. The van der Waals surface area contributed by atoms with E-state index in [1.165, 1.54) is 27.8 Å². The number of alkyl carbamates (subject to hydrolysis) is 1. The number of aliphatic hydroxyl groups excluding tert-OH is 1. The average Bonchev–Trinajstić information content (AvgIpc) is 3.07. The zero-order valence-electron chi connectivity index (χ0n) is 17.4. The van der Waals surface area contributed by atoms with E-state index in [1.54, 1.807) is 0 Å². The molecule has 4 rings (SSSR count). The third-order valence-corrected chi connectivity index (χ3v) is 5.78. The van der Waals surface area contributed by atoms with E-state index in [9.17, 15) is 9.90 Å². The van der Waals surface area contributed by atoms with Gasteiger partial charge in [0.25, 0.3) is 0 Å². The van der Waals surface area contributed by atoms with Gasteiger partial charge in [-0.1, -0.05) is 72.3 Å². The van der Waals surface area contributed by atoms with Gasteiger partial charge in [-0.3, -0.25) is 0 Å². The molecule has 0 heterocycles. The van der Waals surface area contributed by atoms with Crippen LogP contribution in [0.5, 0.6) is 0 Å². The van der Waals surface area contributed by atoms with Gasteiger partial charge < -0.3 is 15.2 Å². The molecule has 0 aromatic heterocycles. The molecule has 3 aromatic carbocycles. The highest BCUT2D eigenvalue weighted by Gasteiger charge is 2.29. The molecule has 2 N–H and O–H groups in total. The number of carbonyl (C=O) groups is 1. The predicted octanol–water partition coefficient (Wildman–Crippen LogP) is 4.75. The van der Waals surface area contributed by atoms with E-state index in [4.69, 9.17) is 4.74 Å². The first kappa shape index (κ1) is 20.2. The van der Waals surface area contributed by atoms with Crippen LogP contribution in [-0.4, -0.2) is 30.5 Å². The summed E-state index contributed by atoms with van der Waals surface area (Å²) < 4.78 is 5.52. The number of aliphatic hydroxyl groups is 1. The summed E-state index contributed by atoms with van der Waals surface area (Å²) in [5.74, 6) is 0.0308. The van der Waals surface area contributed by atoms with Gasteiger partial charge in [-0.15, -0.1) is 0 Å². The van der Waals surface area contributed by atoms with Gasteiger partial charge in [0, 0.05) is 18.9 Å². The van der Waals surface area contributed by atoms with Crippen molar-refractivity contribution in [3.05, 3.63) is 94.5 Å². The predicted molar refractivity (Wildman–Crippen MR) is 119 cm³/mol. The quantitative estimate of drug-likeness (QED) is 0.627. The van der Waals surface area contributed by atoms with Crippen molar-refractivity contribution in [2.75, 3.05) is 13.2 Å². The van der Waals surface area contributed by atoms with Crippen LogP contribution >= 0.6 is 0 Å². The maximum absolute atomic E-state index is 12.2. The number of carbonyl (C=O) groups excluding carboxylic acids is 1. The summed E-state index contributed by atoms with van der Waals surface area (Å²) >= 11 is 0. The van der Waals surface area contributed by atoms with Gasteiger partial charge in [-0.25, -0.2) is 4.79 Å². The van der Waals surface area contributed by atoms with Gasteiger partial charge in [-0.05, 0) is 47.2 Å². The minimum absolute atomic E-state index is 0.0308. The second-order valence-corrected chi connectivity index (χ2v) is 7.99. The fourth-order valence-electron chi connectivity index (χ4n) is 4.25. The monoisotopic (exact) mass is 401 g/mol. The van der Waals surface area contributed by atoms with Crippen LogP contribution < -0.4 is 5.32 Å². The zero-order chi connectivity index (χ0) is 21.1. The van der Waals surface area contributed by atoms with Crippen LogP contribution in [0.15, 0.2) is 66.7 Å². The van der Waals surface area contributed by atoms with Gasteiger partial charge in [-0.2, -0.15) is 0 Å². The molecule has 0 saturated heterocycles. The van der Waals surface area contributed by atoms with Crippen molar-refractivity contribution in [3.63, 3.8) is 0 Å². The van der Waals surface area contributed by atoms with E-state index < -0.39 is 12.2 Å². The lowest BCUT2D eigenvalue weighted by Crippen LogP contribution is -2.34. The summed E-state index contributed by atoms with van der Waals surface area (Å²) in [5.41, 5.74) is 8.19. The Hall–Kier alpha value is -3.11. The Morgan fingerprint density at radius 2 is 1.63 bits per heavy atom. The minimum Gasteiger partial charge on any atom is -0.449 e. The van der Waals surface area contributed by atoms with Crippen LogP contribution in [0.4, 0.5) is 4.79 Å². The van der Waals surface area contributed by atoms with Crippen molar-refractivity contribution in [2.24, 2.45) is 0 Å². The molecule has 3 aromatic rings. The summed E-state index contributed by atoms with van der Waals surface area (Å²) in [6.07, 6.45) is -0.668. The molecule has 0 fully saturated rings. The molecular weight excluding hydrogens is 374 g/mol. The normalized spacial score (nSPS) is 13.4. The van der Waals surface area contributed by atoms with E-state index in [1.807, 2.05) is 50.2 Å². The van der Waals surface area contributed by atoms with Crippen LogP contribution in [-0.2, 0) is 11.2 Å². The van der Waals surface area contributed by atoms with E-state index in [0.717, 1.165) is 11.1 Å². The van der Waals surface area contributed by atoms with E-state index in [2.05, 4.69) is 35.6 Å². The van der Waals surface area contributed by atoms with Gasteiger partial charge >= 0.3 is 6.09 Å². The molecule has 154 valence electrons. The number of nitrogens with one attached hydrogen (secondary N) is 1. The molecule has 0 bridgehead atoms. The van der Waals surface area contributed by atoms with Crippen molar-refractivity contribution < 1.29 is 14.6 Å². The van der Waals surface area contributed by atoms with Gasteiger partial charge in [0.15, 0.2) is 0 Å². The molecule has 1 aliphatic rings. The second-order valence-electron chi connectivity index (χ2n) is 7.99. The van der Waals surface area contributed by atoms with Crippen LogP contribution in [0.2, 0.25) is 0 Å². The van der Waals surface area contributed by atoms with Crippen molar-refractivity contribution in [1.29, 1.82) is 0 Å². The van der Waals surface area contributed by atoms with Crippen LogP contribution in [0, 0.1) is 13.8 Å². The number of amides is 1. The molecule has 0 radical (unpaired) electrons.